The fourth-order valence-corrected chi connectivity index (χ4v) is 2.90. The van der Waals surface area contributed by atoms with Gasteiger partial charge in [-0.1, -0.05) is 18.2 Å². The molecular weight excluding hydrogens is 282 g/mol. The van der Waals surface area contributed by atoms with Crippen LogP contribution in [-0.2, 0) is 20.7 Å². The summed E-state index contributed by atoms with van der Waals surface area (Å²) in [6.07, 6.45) is 1.44. The van der Waals surface area contributed by atoms with Gasteiger partial charge in [-0.05, 0) is 24.5 Å². The van der Waals surface area contributed by atoms with Gasteiger partial charge >= 0.3 is 0 Å². The van der Waals surface area contributed by atoms with Crippen molar-refractivity contribution in [1.82, 2.24) is 10.6 Å². The molecule has 2 amide bonds. The molecular formula is C16H21N3O3. The minimum atomic E-state index is -0.504. The van der Waals surface area contributed by atoms with E-state index >= 15 is 0 Å². The number of nitrogens with zero attached hydrogens (tertiary/aromatic N) is 1. The Morgan fingerprint density at radius 1 is 1.36 bits per heavy atom. The zero-order valence-electron chi connectivity index (χ0n) is 12.5. The number of amides is 2. The van der Waals surface area contributed by atoms with E-state index in [1.54, 1.807) is 4.90 Å². The van der Waals surface area contributed by atoms with E-state index in [-0.39, 0.29) is 18.4 Å². The number of nitrogens with one attached hydrogen (secondary N) is 2. The summed E-state index contributed by atoms with van der Waals surface area (Å²) in [5, 5.41) is 5.78. The fraction of sp³-hybridized carbons (Fsp3) is 0.500. The maximum atomic E-state index is 12.4. The highest BCUT2D eigenvalue weighted by molar-refractivity contribution is 5.98. The van der Waals surface area contributed by atoms with Crippen molar-refractivity contribution in [3.63, 3.8) is 0 Å². The average molecular weight is 303 g/mol. The van der Waals surface area contributed by atoms with Crippen LogP contribution in [0.4, 0.5) is 5.69 Å². The molecule has 2 aliphatic heterocycles. The number of para-hydroxylation sites is 1. The van der Waals surface area contributed by atoms with Gasteiger partial charge in [-0.2, -0.15) is 0 Å². The van der Waals surface area contributed by atoms with Crippen molar-refractivity contribution in [3.05, 3.63) is 29.8 Å². The Bertz CT molecular complexity index is 555. The number of fused-ring (bicyclic) bond motifs is 1. The van der Waals surface area contributed by atoms with Gasteiger partial charge in [0.25, 0.3) is 5.91 Å². The first kappa shape index (κ1) is 15.0. The third-order valence-electron chi connectivity index (χ3n) is 4.05. The molecule has 6 heteroatoms. The number of anilines is 1. The molecule has 2 heterocycles. The molecule has 1 aromatic carbocycles. The highest BCUT2D eigenvalue weighted by Gasteiger charge is 2.25. The van der Waals surface area contributed by atoms with Crippen LogP contribution in [0.2, 0.25) is 0 Å². The van der Waals surface area contributed by atoms with Gasteiger partial charge in [0.2, 0.25) is 5.91 Å². The Morgan fingerprint density at radius 2 is 2.23 bits per heavy atom. The van der Waals surface area contributed by atoms with Gasteiger partial charge < -0.3 is 20.3 Å². The summed E-state index contributed by atoms with van der Waals surface area (Å²) in [5.74, 6) is -0.310. The Balaban J connectivity index is 1.57. The van der Waals surface area contributed by atoms with E-state index in [4.69, 9.17) is 4.74 Å². The normalized spacial score (nSPS) is 21.1. The van der Waals surface area contributed by atoms with Crippen LogP contribution in [0.25, 0.3) is 0 Å². The van der Waals surface area contributed by atoms with Crippen molar-refractivity contribution >= 4 is 17.5 Å². The summed E-state index contributed by atoms with van der Waals surface area (Å²) < 4.78 is 5.37. The summed E-state index contributed by atoms with van der Waals surface area (Å²) in [6.45, 7) is 2.48. The summed E-state index contributed by atoms with van der Waals surface area (Å²) in [6, 6.07) is 7.93. The van der Waals surface area contributed by atoms with Crippen molar-refractivity contribution in [2.75, 3.05) is 37.7 Å². The molecule has 0 aliphatic carbocycles. The zero-order valence-corrected chi connectivity index (χ0v) is 12.5. The van der Waals surface area contributed by atoms with Crippen LogP contribution < -0.4 is 15.5 Å². The zero-order chi connectivity index (χ0) is 15.4. The number of hydrogen-bond donors (Lipinski definition) is 2. The van der Waals surface area contributed by atoms with E-state index in [9.17, 15) is 9.59 Å². The molecule has 0 bridgehead atoms. The van der Waals surface area contributed by atoms with Crippen LogP contribution >= 0.6 is 0 Å². The third kappa shape index (κ3) is 3.28. The smallest absolute Gasteiger partial charge is 0.250 e. The highest BCUT2D eigenvalue weighted by Crippen LogP contribution is 2.26. The number of morpholine rings is 1. The van der Waals surface area contributed by atoms with Crippen molar-refractivity contribution in [1.29, 1.82) is 0 Å². The second-order valence-electron chi connectivity index (χ2n) is 5.56. The standard InChI is InChI=1S/C16H21N3O3/c20-15(11-18-16(21)14-10-17-7-9-22-14)19-8-3-5-12-4-1-2-6-13(12)19/h1-2,4,6,14,17H,3,5,7-11H2,(H,18,21). The SMILES string of the molecule is O=C(NCC(=O)N1CCCc2ccccc21)C1CNCCO1. The Morgan fingerprint density at radius 3 is 3.05 bits per heavy atom. The molecule has 3 rings (SSSR count). The van der Waals surface area contributed by atoms with E-state index < -0.39 is 6.10 Å². The highest BCUT2D eigenvalue weighted by atomic mass is 16.5. The van der Waals surface area contributed by atoms with Crippen LogP contribution in [0.15, 0.2) is 24.3 Å². The van der Waals surface area contributed by atoms with Crippen LogP contribution in [-0.4, -0.2) is 50.7 Å². The van der Waals surface area contributed by atoms with Crippen LogP contribution in [0.1, 0.15) is 12.0 Å². The van der Waals surface area contributed by atoms with Crippen LogP contribution in [0.3, 0.4) is 0 Å². The second-order valence-corrected chi connectivity index (χ2v) is 5.56. The predicted octanol–water partition coefficient (Wildman–Crippen LogP) is 0.0704. The lowest BCUT2D eigenvalue weighted by Gasteiger charge is -2.30. The summed E-state index contributed by atoms with van der Waals surface area (Å²) >= 11 is 0. The van der Waals surface area contributed by atoms with Crippen molar-refractivity contribution in [2.45, 2.75) is 18.9 Å². The van der Waals surface area contributed by atoms with Gasteiger partial charge in [-0.3, -0.25) is 9.59 Å². The van der Waals surface area contributed by atoms with Gasteiger partial charge in [-0.25, -0.2) is 0 Å². The minimum Gasteiger partial charge on any atom is -0.366 e. The first-order valence-corrected chi connectivity index (χ1v) is 7.74. The Hall–Kier alpha value is -1.92. The lowest BCUT2D eigenvalue weighted by atomic mass is 10.0. The molecule has 1 fully saturated rings. The van der Waals surface area contributed by atoms with Crippen molar-refractivity contribution < 1.29 is 14.3 Å². The number of carbonyl (C=O) groups excluding carboxylic acids is 2. The summed E-state index contributed by atoms with van der Waals surface area (Å²) in [7, 11) is 0. The molecule has 2 N–H and O–H groups in total. The van der Waals surface area contributed by atoms with E-state index in [0.717, 1.165) is 25.1 Å². The van der Waals surface area contributed by atoms with Gasteiger partial charge in [-0.15, -0.1) is 0 Å². The van der Waals surface area contributed by atoms with Crippen molar-refractivity contribution in [2.24, 2.45) is 0 Å². The lowest BCUT2D eigenvalue weighted by molar-refractivity contribution is -0.135. The molecule has 1 aromatic rings. The number of hydrogen-bond acceptors (Lipinski definition) is 4. The topological polar surface area (TPSA) is 70.7 Å². The molecule has 1 atom stereocenters. The quantitative estimate of drug-likeness (QED) is 0.829. The largest absolute Gasteiger partial charge is 0.366 e. The first-order chi connectivity index (χ1) is 10.8. The summed E-state index contributed by atoms with van der Waals surface area (Å²) in [5.41, 5.74) is 2.15. The van der Waals surface area contributed by atoms with Crippen LogP contribution in [0, 0.1) is 0 Å². The second kappa shape index (κ2) is 6.89. The fourth-order valence-electron chi connectivity index (χ4n) is 2.90. The van der Waals surface area contributed by atoms with E-state index in [1.807, 2.05) is 18.2 Å². The number of aryl methyl sites for hydroxylation is 1. The molecule has 1 unspecified atom stereocenters. The molecule has 2 aliphatic rings. The molecule has 0 aromatic heterocycles. The molecule has 0 spiro atoms. The lowest BCUT2D eigenvalue weighted by Crippen LogP contribution is -2.50. The maximum Gasteiger partial charge on any atom is 0.250 e. The first-order valence-electron chi connectivity index (χ1n) is 7.74. The molecule has 0 saturated carbocycles. The van der Waals surface area contributed by atoms with E-state index in [2.05, 4.69) is 16.7 Å². The monoisotopic (exact) mass is 303 g/mol. The minimum absolute atomic E-state index is 0.00697. The third-order valence-corrected chi connectivity index (χ3v) is 4.05. The molecule has 1 saturated heterocycles. The summed E-state index contributed by atoms with van der Waals surface area (Å²) in [4.78, 5) is 26.1. The number of rotatable bonds is 3. The van der Waals surface area contributed by atoms with Crippen LogP contribution in [0.5, 0.6) is 0 Å². The predicted molar refractivity (Wildman–Crippen MR) is 82.7 cm³/mol. The van der Waals surface area contributed by atoms with Gasteiger partial charge in [0.05, 0.1) is 13.2 Å². The molecule has 0 radical (unpaired) electrons. The number of carbonyl (C=O) groups is 2. The van der Waals surface area contributed by atoms with Crippen molar-refractivity contribution in [3.8, 4) is 0 Å². The maximum absolute atomic E-state index is 12.4. The Kier molecular flexibility index (Phi) is 4.70. The molecule has 22 heavy (non-hydrogen) atoms. The van der Waals surface area contributed by atoms with Gasteiger partial charge in [0, 0.05) is 25.3 Å². The Labute approximate surface area is 129 Å². The number of benzene rings is 1. The van der Waals surface area contributed by atoms with Gasteiger partial charge in [0.1, 0.15) is 6.10 Å². The molecule has 118 valence electrons. The molecule has 6 nitrogen and oxygen atoms in total. The van der Waals surface area contributed by atoms with Gasteiger partial charge in [0.15, 0.2) is 0 Å². The number of ether oxygens (including phenoxy) is 1. The van der Waals surface area contributed by atoms with E-state index in [0.29, 0.717) is 19.7 Å². The van der Waals surface area contributed by atoms with E-state index in [1.165, 1.54) is 5.56 Å². The average Bonchev–Trinajstić information content (AvgIpc) is 2.59.